The van der Waals surface area contributed by atoms with E-state index in [1.54, 1.807) is 0 Å². The molecule has 0 aliphatic heterocycles. The molecular weight excluding hydrogens is 312 g/mol. The van der Waals surface area contributed by atoms with Crippen LogP contribution in [0.3, 0.4) is 0 Å². The van der Waals surface area contributed by atoms with Crippen LogP contribution in [-0.4, -0.2) is 4.98 Å². The molecule has 18 heavy (non-hydrogen) atoms. The van der Waals surface area contributed by atoms with Gasteiger partial charge in [-0.3, -0.25) is 4.98 Å². The van der Waals surface area contributed by atoms with Crippen LogP contribution >= 0.6 is 27.5 Å². The maximum absolute atomic E-state index is 5.92. The molecule has 4 heteroatoms. The summed E-state index contributed by atoms with van der Waals surface area (Å²) in [4.78, 5) is 4.02. The number of benzene rings is 1. The molecule has 0 radical (unpaired) electrons. The highest BCUT2D eigenvalue weighted by atomic mass is 79.9. The van der Waals surface area contributed by atoms with Gasteiger partial charge in [0.2, 0.25) is 0 Å². The van der Waals surface area contributed by atoms with Crippen molar-refractivity contribution in [2.45, 2.75) is 19.5 Å². The number of nitrogens with zero attached hydrogens (tertiary/aromatic N) is 1. The molecule has 1 N–H and O–H groups in total. The Balaban J connectivity index is 1.99. The van der Waals surface area contributed by atoms with Crippen LogP contribution in [0.4, 0.5) is 0 Å². The highest BCUT2D eigenvalue weighted by Gasteiger charge is 2.06. The van der Waals surface area contributed by atoms with E-state index in [0.29, 0.717) is 0 Å². The topological polar surface area (TPSA) is 24.9 Å². The summed E-state index contributed by atoms with van der Waals surface area (Å²) in [5, 5.41) is 4.22. The lowest BCUT2D eigenvalue weighted by Gasteiger charge is -2.14. The maximum atomic E-state index is 5.92. The van der Waals surface area contributed by atoms with Gasteiger partial charge in [0.15, 0.2) is 0 Å². The second kappa shape index (κ2) is 6.32. The number of hydrogen-bond acceptors (Lipinski definition) is 2. The van der Waals surface area contributed by atoms with Crippen LogP contribution < -0.4 is 5.32 Å². The Labute approximate surface area is 121 Å². The molecule has 0 aliphatic rings. The Morgan fingerprint density at radius 1 is 1.28 bits per heavy atom. The van der Waals surface area contributed by atoms with Crippen molar-refractivity contribution >= 4 is 27.5 Å². The van der Waals surface area contributed by atoms with E-state index < -0.39 is 0 Å². The maximum Gasteiger partial charge on any atom is 0.0417 e. The second-order valence-electron chi connectivity index (χ2n) is 4.12. The molecule has 0 amide bonds. The largest absolute Gasteiger partial charge is 0.306 e. The van der Waals surface area contributed by atoms with Crippen molar-refractivity contribution in [1.82, 2.24) is 10.3 Å². The highest BCUT2D eigenvalue weighted by molar-refractivity contribution is 9.10. The summed E-state index contributed by atoms with van der Waals surface area (Å²) in [6.07, 6.45) is 3.62. The van der Waals surface area contributed by atoms with E-state index in [2.05, 4.69) is 33.2 Å². The van der Waals surface area contributed by atoms with E-state index in [9.17, 15) is 0 Å². The van der Waals surface area contributed by atoms with E-state index >= 15 is 0 Å². The number of nitrogens with one attached hydrogen (secondary N) is 1. The Kier molecular flexibility index (Phi) is 4.75. The first-order valence-electron chi connectivity index (χ1n) is 5.74. The summed E-state index contributed by atoms with van der Waals surface area (Å²) in [7, 11) is 0. The molecule has 0 saturated carbocycles. The van der Waals surface area contributed by atoms with Gasteiger partial charge in [0.1, 0.15) is 0 Å². The van der Waals surface area contributed by atoms with Gasteiger partial charge in [-0.2, -0.15) is 0 Å². The van der Waals surface area contributed by atoms with Gasteiger partial charge in [0.25, 0.3) is 0 Å². The molecule has 0 unspecified atom stereocenters. The van der Waals surface area contributed by atoms with Crippen LogP contribution in [0, 0.1) is 0 Å². The summed E-state index contributed by atoms with van der Waals surface area (Å²) >= 11 is 9.44. The molecule has 2 aromatic rings. The van der Waals surface area contributed by atoms with Gasteiger partial charge in [-0.15, -0.1) is 0 Å². The Bertz CT molecular complexity index is 516. The molecule has 0 saturated heterocycles. The van der Waals surface area contributed by atoms with E-state index in [0.717, 1.165) is 16.0 Å². The first-order chi connectivity index (χ1) is 8.66. The minimum atomic E-state index is 0.288. The van der Waals surface area contributed by atoms with Crippen LogP contribution in [0.5, 0.6) is 0 Å². The summed E-state index contributed by atoms with van der Waals surface area (Å²) in [6, 6.07) is 10.2. The van der Waals surface area contributed by atoms with Gasteiger partial charge in [-0.05, 0) is 42.3 Å². The first kappa shape index (κ1) is 13.5. The van der Waals surface area contributed by atoms with Gasteiger partial charge in [0.05, 0.1) is 0 Å². The molecule has 94 valence electrons. The minimum absolute atomic E-state index is 0.288. The quantitative estimate of drug-likeness (QED) is 0.904. The van der Waals surface area contributed by atoms with Crippen molar-refractivity contribution in [2.24, 2.45) is 0 Å². The smallest absolute Gasteiger partial charge is 0.0417 e. The van der Waals surface area contributed by atoms with E-state index in [-0.39, 0.29) is 6.04 Å². The summed E-state index contributed by atoms with van der Waals surface area (Å²) in [5.74, 6) is 0. The van der Waals surface area contributed by atoms with Crippen LogP contribution in [0.15, 0.2) is 47.2 Å². The second-order valence-corrected chi connectivity index (χ2v) is 5.41. The molecule has 0 aliphatic carbocycles. The zero-order chi connectivity index (χ0) is 13.0. The number of hydrogen-bond donors (Lipinski definition) is 1. The van der Waals surface area contributed by atoms with Crippen molar-refractivity contribution < 1.29 is 0 Å². The molecule has 2 nitrogen and oxygen atoms in total. The zero-order valence-corrected chi connectivity index (χ0v) is 12.4. The minimum Gasteiger partial charge on any atom is -0.306 e. The third kappa shape index (κ3) is 3.55. The number of halogens is 2. The normalized spacial score (nSPS) is 12.4. The lowest BCUT2D eigenvalue weighted by atomic mass is 10.1. The SMILES string of the molecule is C[C@@H](NCc1ccc(Cl)cc1Br)c1ccncc1. The Hall–Kier alpha value is -0.900. The average molecular weight is 326 g/mol. The number of aromatic nitrogens is 1. The standard InChI is InChI=1S/C14H14BrClN2/c1-10(11-4-6-17-7-5-11)18-9-12-2-3-13(16)8-14(12)15/h2-8,10,18H,9H2,1H3/t10-/m1/s1. The molecule has 0 fully saturated rings. The fraction of sp³-hybridized carbons (Fsp3) is 0.214. The zero-order valence-electron chi connectivity index (χ0n) is 10.0. The molecule has 0 bridgehead atoms. The Morgan fingerprint density at radius 2 is 2.00 bits per heavy atom. The van der Waals surface area contributed by atoms with Gasteiger partial charge in [-0.25, -0.2) is 0 Å². The van der Waals surface area contributed by atoms with Crippen LogP contribution in [0.25, 0.3) is 0 Å². The molecule has 1 heterocycles. The summed E-state index contributed by atoms with van der Waals surface area (Å²) in [5.41, 5.74) is 2.43. The van der Waals surface area contributed by atoms with Gasteiger partial charge >= 0.3 is 0 Å². The molecule has 1 atom stereocenters. The fourth-order valence-electron chi connectivity index (χ4n) is 1.70. The third-order valence-corrected chi connectivity index (χ3v) is 3.79. The molecular formula is C14H14BrClN2. The molecule has 0 spiro atoms. The molecule has 1 aromatic carbocycles. The Morgan fingerprint density at radius 3 is 2.67 bits per heavy atom. The van der Waals surface area contributed by atoms with Gasteiger partial charge < -0.3 is 5.32 Å². The lowest BCUT2D eigenvalue weighted by Crippen LogP contribution is -2.18. The first-order valence-corrected chi connectivity index (χ1v) is 6.91. The van der Waals surface area contributed by atoms with Crippen LogP contribution in [0.1, 0.15) is 24.1 Å². The molecule has 2 rings (SSSR count). The summed E-state index contributed by atoms with van der Waals surface area (Å²) < 4.78 is 1.03. The van der Waals surface area contributed by atoms with Crippen LogP contribution in [0.2, 0.25) is 5.02 Å². The van der Waals surface area contributed by atoms with E-state index in [4.69, 9.17) is 11.6 Å². The number of rotatable bonds is 4. The van der Waals surface area contributed by atoms with Crippen molar-refractivity contribution in [3.63, 3.8) is 0 Å². The highest BCUT2D eigenvalue weighted by Crippen LogP contribution is 2.22. The number of pyridine rings is 1. The monoisotopic (exact) mass is 324 g/mol. The lowest BCUT2D eigenvalue weighted by molar-refractivity contribution is 0.573. The van der Waals surface area contributed by atoms with E-state index in [1.165, 1.54) is 11.1 Å². The predicted molar refractivity (Wildman–Crippen MR) is 78.6 cm³/mol. The van der Waals surface area contributed by atoms with Gasteiger partial charge in [-0.1, -0.05) is 33.6 Å². The van der Waals surface area contributed by atoms with Crippen LogP contribution in [-0.2, 0) is 6.54 Å². The van der Waals surface area contributed by atoms with Crippen molar-refractivity contribution in [3.8, 4) is 0 Å². The van der Waals surface area contributed by atoms with Gasteiger partial charge in [0, 0.05) is 34.5 Å². The fourth-order valence-corrected chi connectivity index (χ4v) is 2.52. The van der Waals surface area contributed by atoms with E-state index in [1.807, 2.05) is 42.7 Å². The predicted octanol–water partition coefficient (Wildman–Crippen LogP) is 4.35. The van der Waals surface area contributed by atoms with Crippen molar-refractivity contribution in [2.75, 3.05) is 0 Å². The molecule has 1 aromatic heterocycles. The van der Waals surface area contributed by atoms with Crippen molar-refractivity contribution in [1.29, 1.82) is 0 Å². The van der Waals surface area contributed by atoms with Crippen molar-refractivity contribution in [3.05, 3.63) is 63.3 Å². The third-order valence-electron chi connectivity index (χ3n) is 2.82. The summed E-state index contributed by atoms with van der Waals surface area (Å²) in [6.45, 7) is 2.93. The average Bonchev–Trinajstić information content (AvgIpc) is 2.38.